The van der Waals surface area contributed by atoms with Crippen molar-refractivity contribution in [3.63, 3.8) is 0 Å². The zero-order valence-corrected chi connectivity index (χ0v) is 32.6. The lowest BCUT2D eigenvalue weighted by Crippen LogP contribution is -2.48. The fourth-order valence-electron chi connectivity index (χ4n) is 7.78. The molecule has 4 heterocycles. The number of amidine groups is 1. The Labute approximate surface area is 314 Å². The Morgan fingerprint density at radius 3 is 2.21 bits per heavy atom. The summed E-state index contributed by atoms with van der Waals surface area (Å²) in [5.41, 5.74) is 4.50. The van der Waals surface area contributed by atoms with Crippen LogP contribution in [-0.4, -0.2) is 98.2 Å². The molecule has 0 aromatic heterocycles. The van der Waals surface area contributed by atoms with Gasteiger partial charge in [-0.3, -0.25) is 15.2 Å². The van der Waals surface area contributed by atoms with Gasteiger partial charge in [0, 0.05) is 43.5 Å². The molecule has 11 nitrogen and oxygen atoms in total. The maximum atomic E-state index is 13.4. The van der Waals surface area contributed by atoms with E-state index in [0.29, 0.717) is 79.4 Å². The molecule has 3 unspecified atom stereocenters. The molecule has 53 heavy (non-hydrogen) atoms. The summed E-state index contributed by atoms with van der Waals surface area (Å²) in [5, 5.41) is 20.6. The van der Waals surface area contributed by atoms with E-state index in [2.05, 4.69) is 52.8 Å². The summed E-state index contributed by atoms with van der Waals surface area (Å²) in [5.74, 6) is 2.57. The minimum atomic E-state index is -0.766. The number of nitrogens with one attached hydrogen (secondary N) is 1. The molecule has 0 radical (unpaired) electrons. The molecule has 2 fully saturated rings. The number of carbonyl (C=O) groups excluding carboxylic acids is 1. The quantitative estimate of drug-likeness (QED) is 0.194. The topological polar surface area (TPSA) is 120 Å². The van der Waals surface area contributed by atoms with Gasteiger partial charge in [0.05, 0.1) is 56.5 Å². The zero-order chi connectivity index (χ0) is 38.2. The third-order valence-electron chi connectivity index (χ3n) is 11.1. The van der Waals surface area contributed by atoms with Gasteiger partial charge in [-0.05, 0) is 61.5 Å². The zero-order valence-electron chi connectivity index (χ0n) is 32.6. The third-order valence-corrected chi connectivity index (χ3v) is 11.1. The number of benzene rings is 2. The highest BCUT2D eigenvalue weighted by atomic mass is 16.5. The smallest absolute Gasteiger partial charge is 0.257 e. The van der Waals surface area contributed by atoms with Crippen LogP contribution in [0.2, 0.25) is 0 Å². The maximum Gasteiger partial charge on any atom is 0.257 e. The van der Waals surface area contributed by atoms with Crippen LogP contribution < -0.4 is 23.8 Å². The van der Waals surface area contributed by atoms with Crippen molar-refractivity contribution in [3.05, 3.63) is 59.7 Å². The highest BCUT2D eigenvalue weighted by molar-refractivity contribution is 6.04. The van der Waals surface area contributed by atoms with Crippen LogP contribution in [0, 0.1) is 16.2 Å². The van der Waals surface area contributed by atoms with E-state index < -0.39 is 6.23 Å². The van der Waals surface area contributed by atoms with Gasteiger partial charge in [0.25, 0.3) is 5.91 Å². The van der Waals surface area contributed by atoms with Crippen molar-refractivity contribution < 1.29 is 28.8 Å². The predicted octanol–water partition coefficient (Wildman–Crippen LogP) is 7.38. The van der Waals surface area contributed by atoms with E-state index in [4.69, 9.17) is 24.4 Å². The van der Waals surface area contributed by atoms with Gasteiger partial charge in [-0.2, -0.15) is 0 Å². The summed E-state index contributed by atoms with van der Waals surface area (Å²) in [6.07, 6.45) is 6.00. The summed E-state index contributed by atoms with van der Waals surface area (Å²) in [7, 11) is 3.21. The second-order valence-electron chi connectivity index (χ2n) is 16.6. The molecule has 2 aromatic carbocycles. The van der Waals surface area contributed by atoms with E-state index in [1.54, 1.807) is 20.3 Å². The van der Waals surface area contributed by atoms with E-state index in [9.17, 15) is 9.90 Å². The van der Waals surface area contributed by atoms with Crippen LogP contribution in [-0.2, 0) is 0 Å². The fourth-order valence-corrected chi connectivity index (χ4v) is 7.78. The average Bonchev–Trinajstić information content (AvgIpc) is 3.66. The molecule has 2 saturated heterocycles. The van der Waals surface area contributed by atoms with Gasteiger partial charge >= 0.3 is 0 Å². The Morgan fingerprint density at radius 2 is 1.51 bits per heavy atom. The number of hydrogen-bond donors (Lipinski definition) is 2. The largest absolute Gasteiger partial charge is 0.493 e. The van der Waals surface area contributed by atoms with Gasteiger partial charge in [-0.1, -0.05) is 58.9 Å². The molecule has 0 saturated carbocycles. The summed E-state index contributed by atoms with van der Waals surface area (Å²) in [6, 6.07) is 7.09. The van der Waals surface area contributed by atoms with Crippen LogP contribution in [0.5, 0.6) is 23.0 Å². The Morgan fingerprint density at radius 1 is 0.868 bits per heavy atom. The number of carbonyl (C=O) groups is 1. The first-order valence-electron chi connectivity index (χ1n) is 18.8. The lowest BCUT2D eigenvalue weighted by atomic mass is 9.78. The lowest BCUT2D eigenvalue weighted by molar-refractivity contribution is 0.0777. The van der Waals surface area contributed by atoms with Gasteiger partial charge in [-0.25, -0.2) is 0 Å². The maximum absolute atomic E-state index is 13.4. The monoisotopic (exact) mass is 727 g/mol. The van der Waals surface area contributed by atoms with Gasteiger partial charge in [0.2, 0.25) is 0 Å². The van der Waals surface area contributed by atoms with Crippen LogP contribution >= 0.6 is 0 Å². The molecule has 11 heteroatoms. The number of aliphatic hydroxyl groups is 1. The first-order valence-corrected chi connectivity index (χ1v) is 18.8. The lowest BCUT2D eigenvalue weighted by Gasteiger charge is -2.34. The van der Waals surface area contributed by atoms with Crippen molar-refractivity contribution in [2.24, 2.45) is 15.8 Å². The summed E-state index contributed by atoms with van der Waals surface area (Å²) in [4.78, 5) is 23.8. The molecule has 0 spiro atoms. The standard InChI is InChI=1S/C42H57N5O6/c1-10-14-45-32-21-37(35(51-9)19-30(32)38(43)47-24-27(3)17-33(47)40(45)49)52-15-13-41(4,5)11-12-42(6,7)25-53-36-20-31-29(18-34(36)50-8)39(48)46-23-26(2)16-28(46)22-44-31/h18-22,28,33,40,43,49H,2-3,10-17,23-25H2,1,4-9H3. The number of fused-ring (bicyclic) bond motifs is 4. The molecule has 3 atom stereocenters. The first kappa shape index (κ1) is 38.2. The van der Waals surface area contributed by atoms with Gasteiger partial charge in [0.1, 0.15) is 12.1 Å². The number of aliphatic imine (C=N–C) groups is 1. The molecule has 2 N–H and O–H groups in total. The van der Waals surface area contributed by atoms with Crippen molar-refractivity contribution >= 4 is 29.3 Å². The van der Waals surface area contributed by atoms with E-state index in [1.807, 2.05) is 39.1 Å². The Kier molecular flexibility index (Phi) is 10.9. The number of nitrogens with zero attached hydrogens (tertiary/aromatic N) is 4. The molecule has 1 amide bonds. The third kappa shape index (κ3) is 7.91. The second kappa shape index (κ2) is 15.1. The minimum Gasteiger partial charge on any atom is -0.493 e. The SMILES string of the molecule is C=C1CC2C=Nc3cc(OCC(C)(C)CCC(C)(C)CCOc4cc5c(cc4OC)C(=N)N4CC(=C)CC4C(O)N5CCC)c(OC)cc3C(=O)N2C1. The summed E-state index contributed by atoms with van der Waals surface area (Å²) in [6.45, 7) is 21.9. The van der Waals surface area contributed by atoms with E-state index in [1.165, 1.54) is 0 Å². The number of aliphatic hydroxyl groups excluding tert-OH is 1. The molecular weight excluding hydrogens is 670 g/mol. The van der Waals surface area contributed by atoms with E-state index in [-0.39, 0.29) is 28.8 Å². The molecule has 4 aliphatic heterocycles. The number of rotatable bonds is 14. The van der Waals surface area contributed by atoms with Crippen molar-refractivity contribution in [2.45, 2.75) is 91.5 Å². The molecule has 286 valence electrons. The molecule has 0 aliphatic carbocycles. The molecular formula is C42H57N5O6. The van der Waals surface area contributed by atoms with E-state index >= 15 is 0 Å². The van der Waals surface area contributed by atoms with Crippen LogP contribution in [0.15, 0.2) is 53.6 Å². The highest BCUT2D eigenvalue weighted by Gasteiger charge is 2.42. The number of anilines is 1. The Balaban J connectivity index is 1.08. The summed E-state index contributed by atoms with van der Waals surface area (Å²) < 4.78 is 24.3. The van der Waals surface area contributed by atoms with Gasteiger partial charge < -0.3 is 38.8 Å². The van der Waals surface area contributed by atoms with Crippen molar-refractivity contribution in [3.8, 4) is 23.0 Å². The van der Waals surface area contributed by atoms with Crippen LogP contribution in [0.25, 0.3) is 0 Å². The van der Waals surface area contributed by atoms with E-state index in [0.717, 1.165) is 54.5 Å². The number of hydrogen-bond acceptors (Lipinski definition) is 9. The predicted molar refractivity (Wildman–Crippen MR) is 210 cm³/mol. The van der Waals surface area contributed by atoms with Gasteiger partial charge in [-0.15, -0.1) is 0 Å². The molecule has 2 aromatic rings. The van der Waals surface area contributed by atoms with Crippen LogP contribution in [0.4, 0.5) is 11.4 Å². The Bertz CT molecular complexity index is 1800. The van der Waals surface area contributed by atoms with Crippen LogP contribution in [0.3, 0.4) is 0 Å². The minimum absolute atomic E-state index is 0.0224. The van der Waals surface area contributed by atoms with Crippen molar-refractivity contribution in [2.75, 3.05) is 52.0 Å². The van der Waals surface area contributed by atoms with Crippen molar-refractivity contribution in [1.29, 1.82) is 5.41 Å². The van der Waals surface area contributed by atoms with Crippen molar-refractivity contribution in [1.82, 2.24) is 9.80 Å². The molecule has 4 aliphatic rings. The van der Waals surface area contributed by atoms with Gasteiger partial charge in [0.15, 0.2) is 23.0 Å². The number of ether oxygens (including phenoxy) is 4. The highest BCUT2D eigenvalue weighted by Crippen LogP contribution is 2.43. The number of methoxy groups -OCH3 is 2. The van der Waals surface area contributed by atoms with Crippen LogP contribution in [0.1, 0.15) is 89.1 Å². The first-order chi connectivity index (χ1) is 25.1. The Hall–Kier alpha value is -4.51. The fraction of sp³-hybridized carbons (Fsp3) is 0.548. The second-order valence-corrected chi connectivity index (χ2v) is 16.6. The normalized spacial score (nSPS) is 21.2. The average molecular weight is 728 g/mol. The molecule has 0 bridgehead atoms. The number of amides is 1. The summed E-state index contributed by atoms with van der Waals surface area (Å²) >= 11 is 0. The molecule has 6 rings (SSSR count).